The highest BCUT2D eigenvalue weighted by Gasteiger charge is 2.25. The molecule has 0 saturated carbocycles. The number of furan rings is 1. The zero-order valence-corrected chi connectivity index (χ0v) is 16.3. The van der Waals surface area contributed by atoms with Gasteiger partial charge >= 0.3 is 0 Å². The maximum Gasteiger partial charge on any atom is 0.255 e. The molecule has 2 heterocycles. The lowest BCUT2D eigenvalue weighted by atomic mass is 10.0. The molecule has 1 atom stereocenters. The van der Waals surface area contributed by atoms with Gasteiger partial charge in [0.05, 0.1) is 17.9 Å². The molecule has 152 valence electrons. The molecular weight excluding hydrogens is 382 g/mol. The average molecular weight is 403 g/mol. The number of pyridine rings is 1. The number of rotatable bonds is 6. The van der Waals surface area contributed by atoms with Gasteiger partial charge in [0.15, 0.2) is 0 Å². The lowest BCUT2D eigenvalue weighted by Crippen LogP contribution is -2.30. The van der Waals surface area contributed by atoms with Crippen molar-refractivity contribution in [2.75, 3.05) is 12.8 Å². The van der Waals surface area contributed by atoms with Crippen LogP contribution in [0.25, 0.3) is 11.0 Å². The van der Waals surface area contributed by atoms with E-state index in [1.165, 1.54) is 0 Å². The first-order chi connectivity index (χ1) is 14.6. The number of carbonyl (C=O) groups is 1. The zero-order chi connectivity index (χ0) is 21.1. The minimum atomic E-state index is -0.718. The first kappa shape index (κ1) is 19.5. The summed E-state index contributed by atoms with van der Waals surface area (Å²) in [5, 5.41) is 14.2. The van der Waals surface area contributed by atoms with Crippen molar-refractivity contribution in [2.24, 2.45) is 0 Å². The Morgan fingerprint density at radius 2 is 1.93 bits per heavy atom. The molecule has 0 bridgehead atoms. The van der Waals surface area contributed by atoms with Gasteiger partial charge in [-0.3, -0.25) is 4.79 Å². The maximum atomic E-state index is 13.0. The molecule has 2 aromatic carbocycles. The topological polar surface area (TPSA) is 111 Å². The van der Waals surface area contributed by atoms with Gasteiger partial charge < -0.3 is 25.3 Å². The number of ether oxygens (including phenoxy) is 1. The van der Waals surface area contributed by atoms with Crippen molar-refractivity contribution in [2.45, 2.75) is 12.6 Å². The number of phenolic OH excluding ortho intramolecular Hbond substituents is 1. The van der Waals surface area contributed by atoms with E-state index in [-0.39, 0.29) is 17.1 Å². The Bertz CT molecular complexity index is 1170. The van der Waals surface area contributed by atoms with Crippen LogP contribution in [0.3, 0.4) is 0 Å². The number of carbonyl (C=O) groups excluding carboxylic acids is 1. The molecule has 2 aromatic heterocycles. The Morgan fingerprint density at radius 3 is 2.67 bits per heavy atom. The molecule has 0 aliphatic carbocycles. The number of nitrogens with one attached hydrogen (secondary N) is 1. The second-order valence-corrected chi connectivity index (χ2v) is 6.82. The minimum absolute atomic E-state index is 0.0461. The summed E-state index contributed by atoms with van der Waals surface area (Å²) < 4.78 is 11.0. The number of anilines is 1. The highest BCUT2D eigenvalue weighted by Crippen LogP contribution is 2.33. The van der Waals surface area contributed by atoms with Crippen LogP contribution in [0.5, 0.6) is 5.75 Å². The normalized spacial score (nSPS) is 12.0. The summed E-state index contributed by atoms with van der Waals surface area (Å²) in [6.45, 7) is 0.297. The van der Waals surface area contributed by atoms with Crippen LogP contribution in [0.15, 0.2) is 71.1 Å². The number of benzene rings is 2. The fraction of sp³-hybridized carbons (Fsp3) is 0.130. The summed E-state index contributed by atoms with van der Waals surface area (Å²) in [5.74, 6) is 0.207. The number of hydrogen-bond acceptors (Lipinski definition) is 6. The van der Waals surface area contributed by atoms with Crippen molar-refractivity contribution in [3.05, 3.63) is 89.3 Å². The number of nitrogens with two attached hydrogens (primary N) is 1. The number of hydrogen-bond donors (Lipinski definition) is 3. The monoisotopic (exact) mass is 403 g/mol. The molecule has 0 aliphatic heterocycles. The highest BCUT2D eigenvalue weighted by molar-refractivity contribution is 5.98. The third kappa shape index (κ3) is 3.83. The predicted molar refractivity (Wildman–Crippen MR) is 113 cm³/mol. The lowest BCUT2D eigenvalue weighted by molar-refractivity contribution is 0.0939. The van der Waals surface area contributed by atoms with Gasteiger partial charge in [0.2, 0.25) is 0 Å². The molecule has 1 unspecified atom stereocenters. The van der Waals surface area contributed by atoms with E-state index in [1.807, 2.05) is 30.3 Å². The highest BCUT2D eigenvalue weighted by atomic mass is 16.5. The number of nitrogen functional groups attached to an aromatic ring is 1. The molecule has 4 N–H and O–H groups in total. The lowest BCUT2D eigenvalue weighted by Gasteiger charge is -2.19. The largest absolute Gasteiger partial charge is 0.508 e. The molecule has 7 nitrogen and oxygen atoms in total. The fourth-order valence-electron chi connectivity index (χ4n) is 3.32. The van der Waals surface area contributed by atoms with Crippen LogP contribution in [0.2, 0.25) is 0 Å². The van der Waals surface area contributed by atoms with Gasteiger partial charge in [-0.25, -0.2) is 4.98 Å². The molecule has 4 rings (SSSR count). The summed E-state index contributed by atoms with van der Waals surface area (Å²) in [7, 11) is 1.56. The SMILES string of the molecule is COCc1ccc(C(=O)NC(c2cc3ccccc3o2)c2ccccc2O)c(N)n1. The summed E-state index contributed by atoms with van der Waals surface area (Å²) in [5.41, 5.74) is 8.04. The van der Waals surface area contributed by atoms with E-state index >= 15 is 0 Å². The minimum Gasteiger partial charge on any atom is -0.508 e. The molecule has 0 fully saturated rings. The summed E-state index contributed by atoms with van der Waals surface area (Å²) in [6.07, 6.45) is 0. The molecule has 0 spiro atoms. The summed E-state index contributed by atoms with van der Waals surface area (Å²) in [6, 6.07) is 18.8. The van der Waals surface area contributed by atoms with Crippen molar-refractivity contribution < 1.29 is 19.1 Å². The molecule has 0 radical (unpaired) electrons. The quantitative estimate of drug-likeness (QED) is 0.452. The van der Waals surface area contributed by atoms with Gasteiger partial charge in [0, 0.05) is 18.1 Å². The third-order valence-corrected chi connectivity index (χ3v) is 4.77. The number of fused-ring (bicyclic) bond motifs is 1. The van der Waals surface area contributed by atoms with Crippen molar-refractivity contribution in [1.29, 1.82) is 0 Å². The molecule has 30 heavy (non-hydrogen) atoms. The number of methoxy groups -OCH3 is 1. The van der Waals surface area contributed by atoms with E-state index in [0.717, 1.165) is 5.39 Å². The van der Waals surface area contributed by atoms with E-state index in [1.54, 1.807) is 43.5 Å². The number of para-hydroxylation sites is 2. The second kappa shape index (κ2) is 8.26. The van der Waals surface area contributed by atoms with Gasteiger partial charge in [0.1, 0.15) is 29.0 Å². The third-order valence-electron chi connectivity index (χ3n) is 4.77. The second-order valence-electron chi connectivity index (χ2n) is 6.82. The Kier molecular flexibility index (Phi) is 5.36. The van der Waals surface area contributed by atoms with E-state index in [9.17, 15) is 9.90 Å². The van der Waals surface area contributed by atoms with Gasteiger partial charge in [-0.05, 0) is 30.3 Å². The van der Waals surface area contributed by atoms with Crippen LogP contribution in [0.4, 0.5) is 5.82 Å². The van der Waals surface area contributed by atoms with E-state index in [4.69, 9.17) is 14.9 Å². The maximum absolute atomic E-state index is 13.0. The number of phenols is 1. The van der Waals surface area contributed by atoms with Crippen LogP contribution in [-0.4, -0.2) is 23.1 Å². The van der Waals surface area contributed by atoms with Crippen LogP contribution in [-0.2, 0) is 11.3 Å². The van der Waals surface area contributed by atoms with Gasteiger partial charge in [-0.2, -0.15) is 0 Å². The Morgan fingerprint density at radius 1 is 1.17 bits per heavy atom. The smallest absolute Gasteiger partial charge is 0.255 e. The van der Waals surface area contributed by atoms with E-state index in [0.29, 0.717) is 29.2 Å². The number of aromatic hydroxyl groups is 1. The van der Waals surface area contributed by atoms with Crippen LogP contribution >= 0.6 is 0 Å². The Hall–Kier alpha value is -3.84. The van der Waals surface area contributed by atoms with Gasteiger partial charge in [-0.15, -0.1) is 0 Å². The zero-order valence-electron chi connectivity index (χ0n) is 16.3. The average Bonchev–Trinajstić information content (AvgIpc) is 3.17. The molecule has 0 aliphatic rings. The molecule has 1 amide bonds. The van der Waals surface area contributed by atoms with Crippen molar-refractivity contribution in [3.8, 4) is 5.75 Å². The van der Waals surface area contributed by atoms with Crippen LogP contribution in [0.1, 0.15) is 33.4 Å². The number of amides is 1. The Balaban J connectivity index is 1.71. The van der Waals surface area contributed by atoms with Crippen LogP contribution < -0.4 is 11.1 Å². The Labute approximate surface area is 173 Å². The number of nitrogens with zero attached hydrogens (tertiary/aromatic N) is 1. The predicted octanol–water partition coefficient (Wildman–Crippen LogP) is 3.78. The van der Waals surface area contributed by atoms with Crippen LogP contribution in [0, 0.1) is 0 Å². The van der Waals surface area contributed by atoms with E-state index < -0.39 is 11.9 Å². The molecular formula is C23H21N3O4. The molecule has 4 aromatic rings. The van der Waals surface area contributed by atoms with Crippen molar-refractivity contribution in [3.63, 3.8) is 0 Å². The van der Waals surface area contributed by atoms with Crippen molar-refractivity contribution >= 4 is 22.7 Å². The van der Waals surface area contributed by atoms with E-state index in [2.05, 4.69) is 10.3 Å². The fourth-order valence-corrected chi connectivity index (χ4v) is 3.32. The number of aromatic nitrogens is 1. The first-order valence-electron chi connectivity index (χ1n) is 9.38. The van der Waals surface area contributed by atoms with Crippen molar-refractivity contribution in [1.82, 2.24) is 10.3 Å². The molecule has 7 heteroatoms. The first-order valence-corrected chi connectivity index (χ1v) is 9.38. The summed E-state index contributed by atoms with van der Waals surface area (Å²) in [4.78, 5) is 17.2. The summed E-state index contributed by atoms with van der Waals surface area (Å²) >= 11 is 0. The van der Waals surface area contributed by atoms with Gasteiger partial charge in [0.25, 0.3) is 5.91 Å². The standard InChI is InChI=1S/C23H21N3O4/c1-29-13-15-10-11-17(22(24)25-15)23(28)26-21(16-7-3-4-8-18(16)27)20-12-14-6-2-5-9-19(14)30-20/h2-12,21,27H,13H2,1H3,(H2,24,25)(H,26,28). The molecule has 0 saturated heterocycles. The van der Waals surface area contributed by atoms with Gasteiger partial charge in [-0.1, -0.05) is 36.4 Å².